The molecular formula is C41H51Cl2FZr-2. The first-order valence-corrected chi connectivity index (χ1v) is 17.1. The van der Waals surface area contributed by atoms with Crippen molar-refractivity contribution in [3.63, 3.8) is 0 Å². The van der Waals surface area contributed by atoms with Gasteiger partial charge < -0.3 is 24.8 Å². The van der Waals surface area contributed by atoms with E-state index >= 15 is 0 Å². The fourth-order valence-corrected chi connectivity index (χ4v) is 5.88. The molecule has 0 aromatic heterocycles. The maximum absolute atomic E-state index is 12.2. The molecule has 5 rings (SSSR count). The number of benzene rings is 3. The third-order valence-electron chi connectivity index (χ3n) is 8.13. The molecule has 242 valence electrons. The number of hydrogen-bond acceptors (Lipinski definition) is 0. The Morgan fingerprint density at radius 1 is 0.756 bits per heavy atom. The number of hydrogen-bond donors (Lipinski definition) is 0. The number of fused-ring (bicyclic) bond motifs is 3. The van der Waals surface area contributed by atoms with Crippen molar-refractivity contribution in [1.82, 2.24) is 0 Å². The molecule has 45 heavy (non-hydrogen) atoms. The van der Waals surface area contributed by atoms with E-state index < -0.39 is 0 Å². The normalized spacial score (nSPS) is 11.9. The molecule has 0 saturated heterocycles. The van der Waals surface area contributed by atoms with Crippen LogP contribution in [0.4, 0.5) is 4.39 Å². The molecule has 4 heteroatoms. The van der Waals surface area contributed by atoms with Gasteiger partial charge in [-0.2, -0.15) is 46.5 Å². The molecule has 0 bridgehead atoms. The topological polar surface area (TPSA) is 0 Å². The summed E-state index contributed by atoms with van der Waals surface area (Å²) >= 11 is 1.34. The standard InChI is InChI=1S/C21H25.C13H21.C7H5F.2ClH.Zr/c1-20(2,3)16-7-9-18-14(12-16)11-15-13-17(21(4,5)6)8-10-19(15)18;1-6-10-8-11(7-2)12(9-10)13(3,4)5;1-6-2-4-7(8)5-3-6;;;/h7-10,12H,11H2,1-6H3;8-9H,6-7H2,1-5H3;1-5H;2*1H;/q2*-1;;;;+2/p-2. The Bertz CT molecular complexity index is 1460. The predicted molar refractivity (Wildman–Crippen MR) is 182 cm³/mol. The SMILES string of the molecule is CC(C)(C)c1[c-]c2c(cc1)-c1ccc(C(C)(C)C)cc1C2.CCc1cc(C(C)(C)C)c(CC)[cH-]1.Fc1ccc([CH]=[Zr+2])cc1.[Cl-].[Cl-]. The van der Waals surface area contributed by atoms with Crippen LogP contribution < -0.4 is 24.8 Å². The average molecular weight is 725 g/mol. The van der Waals surface area contributed by atoms with Crippen LogP contribution in [0.25, 0.3) is 11.1 Å². The van der Waals surface area contributed by atoms with Crippen molar-refractivity contribution >= 4 is 3.71 Å². The van der Waals surface area contributed by atoms with Gasteiger partial charge in [0.05, 0.1) is 0 Å². The molecule has 0 spiro atoms. The van der Waals surface area contributed by atoms with Crippen LogP contribution in [0.3, 0.4) is 0 Å². The Kier molecular flexibility index (Phi) is 15.5. The maximum atomic E-state index is 12.2. The zero-order chi connectivity index (χ0) is 32.2. The van der Waals surface area contributed by atoms with Crippen molar-refractivity contribution in [1.29, 1.82) is 0 Å². The van der Waals surface area contributed by atoms with Gasteiger partial charge in [0.15, 0.2) is 0 Å². The van der Waals surface area contributed by atoms with Gasteiger partial charge in [0.1, 0.15) is 0 Å². The van der Waals surface area contributed by atoms with Gasteiger partial charge in [-0.15, -0.1) is 11.1 Å². The quantitative estimate of drug-likeness (QED) is 0.230. The largest absolute Gasteiger partial charge is 1.00 e. The van der Waals surface area contributed by atoms with Crippen molar-refractivity contribution in [2.24, 2.45) is 0 Å². The van der Waals surface area contributed by atoms with Gasteiger partial charge in [0, 0.05) is 0 Å². The minimum Gasteiger partial charge on any atom is -1.00 e. The zero-order valence-corrected chi connectivity index (χ0v) is 33.2. The predicted octanol–water partition coefficient (Wildman–Crippen LogP) is 5.01. The number of aryl methyl sites for hydroxylation is 2. The number of halogens is 3. The molecule has 0 nitrogen and oxygen atoms in total. The van der Waals surface area contributed by atoms with Gasteiger partial charge in [-0.05, 0) is 28.4 Å². The van der Waals surface area contributed by atoms with Crippen molar-refractivity contribution < 1.29 is 53.4 Å². The summed E-state index contributed by atoms with van der Waals surface area (Å²) in [5.74, 6) is -0.170. The Hall–Kier alpha value is -1.73. The molecule has 0 aliphatic heterocycles. The van der Waals surface area contributed by atoms with Crippen molar-refractivity contribution in [3.05, 3.63) is 123 Å². The monoisotopic (exact) mass is 722 g/mol. The van der Waals surface area contributed by atoms with E-state index in [9.17, 15) is 4.39 Å². The Morgan fingerprint density at radius 3 is 1.82 bits per heavy atom. The molecule has 0 atom stereocenters. The molecule has 4 aromatic rings. The van der Waals surface area contributed by atoms with E-state index in [0.717, 1.165) is 24.8 Å². The van der Waals surface area contributed by atoms with E-state index in [4.69, 9.17) is 0 Å². The summed E-state index contributed by atoms with van der Waals surface area (Å²) in [4.78, 5) is 0. The van der Waals surface area contributed by atoms with Crippen molar-refractivity contribution in [2.75, 3.05) is 0 Å². The molecule has 0 fully saturated rings. The van der Waals surface area contributed by atoms with Gasteiger partial charge in [-0.3, -0.25) is 0 Å². The van der Waals surface area contributed by atoms with Crippen LogP contribution in [-0.4, -0.2) is 3.71 Å². The summed E-state index contributed by atoms with van der Waals surface area (Å²) in [6, 6.07) is 26.4. The maximum Gasteiger partial charge on any atom is -1.00 e. The molecule has 0 radical (unpaired) electrons. The smallest absolute Gasteiger partial charge is 1.00 e. The van der Waals surface area contributed by atoms with E-state index in [2.05, 4.69) is 125 Å². The summed E-state index contributed by atoms with van der Waals surface area (Å²) in [7, 11) is 0. The third-order valence-corrected chi connectivity index (χ3v) is 8.95. The minimum absolute atomic E-state index is 0. The van der Waals surface area contributed by atoms with Crippen LogP contribution in [0, 0.1) is 11.9 Å². The van der Waals surface area contributed by atoms with Crippen molar-refractivity contribution in [3.8, 4) is 11.1 Å². The van der Waals surface area contributed by atoms with Crippen LogP contribution in [0.2, 0.25) is 0 Å². The summed E-state index contributed by atoms with van der Waals surface area (Å²) in [5.41, 5.74) is 14.7. The number of rotatable bonds is 3. The summed E-state index contributed by atoms with van der Waals surface area (Å²) in [5, 5.41) is 0. The Labute approximate surface area is 301 Å². The first-order chi connectivity index (χ1) is 20.0. The van der Waals surface area contributed by atoms with Gasteiger partial charge >= 0.3 is 68.0 Å². The zero-order valence-electron chi connectivity index (χ0n) is 29.2. The summed E-state index contributed by atoms with van der Waals surface area (Å²) in [6.45, 7) is 24.9. The van der Waals surface area contributed by atoms with Crippen LogP contribution in [-0.2, 0) is 59.7 Å². The van der Waals surface area contributed by atoms with E-state index in [-0.39, 0.29) is 41.5 Å². The van der Waals surface area contributed by atoms with Crippen molar-refractivity contribution in [2.45, 2.75) is 112 Å². The fraction of sp³-hybridized carbons (Fsp3) is 0.415. The van der Waals surface area contributed by atoms with E-state index in [1.807, 2.05) is 3.71 Å². The molecule has 4 aromatic carbocycles. The molecule has 1 aliphatic rings. The van der Waals surface area contributed by atoms with E-state index in [0.29, 0.717) is 5.41 Å². The van der Waals surface area contributed by atoms with E-state index in [1.54, 1.807) is 12.1 Å². The molecule has 0 heterocycles. The molecule has 0 unspecified atom stereocenters. The average Bonchev–Trinajstić information content (AvgIpc) is 3.54. The van der Waals surface area contributed by atoms with E-state index in [1.165, 1.54) is 86.4 Å². The van der Waals surface area contributed by atoms with Crippen LogP contribution in [0.5, 0.6) is 0 Å². The first kappa shape index (κ1) is 41.3. The molecular weight excluding hydrogens is 674 g/mol. The first-order valence-electron chi connectivity index (χ1n) is 15.7. The van der Waals surface area contributed by atoms with Crippen LogP contribution >= 0.6 is 0 Å². The molecule has 0 N–H and O–H groups in total. The van der Waals surface area contributed by atoms with Gasteiger partial charge in [-0.25, -0.2) is 6.07 Å². The molecule has 1 aliphatic carbocycles. The van der Waals surface area contributed by atoms with Crippen LogP contribution in [0.1, 0.15) is 121 Å². The molecule has 0 amide bonds. The van der Waals surface area contributed by atoms with Gasteiger partial charge in [0.2, 0.25) is 0 Å². The summed E-state index contributed by atoms with van der Waals surface area (Å²) < 4.78 is 14.2. The Balaban J connectivity index is 0.000000363. The summed E-state index contributed by atoms with van der Waals surface area (Å²) in [6.07, 6.45) is 3.34. The second-order valence-corrected chi connectivity index (χ2v) is 15.5. The fourth-order valence-electron chi connectivity index (χ4n) is 5.40. The van der Waals surface area contributed by atoms with Gasteiger partial charge in [-0.1, -0.05) is 118 Å². The second kappa shape index (κ2) is 16.9. The third kappa shape index (κ3) is 11.2. The second-order valence-electron chi connectivity index (χ2n) is 14.8. The Morgan fingerprint density at radius 2 is 1.36 bits per heavy atom. The van der Waals surface area contributed by atoms with Crippen LogP contribution in [0.15, 0.2) is 66.7 Å². The van der Waals surface area contributed by atoms with Gasteiger partial charge in [0.25, 0.3) is 0 Å². The molecule has 0 saturated carbocycles. The minimum atomic E-state index is -0.170.